The van der Waals surface area contributed by atoms with Crippen LogP contribution in [0.5, 0.6) is 34.5 Å². The molecule has 0 spiro atoms. The number of benzene rings is 2. The molecule has 6 nitrogen and oxygen atoms in total. The first kappa shape index (κ1) is 15.1. The Bertz CT molecular complexity index is 640. The second kappa shape index (κ2) is 6.16. The SMILES string of the molecule is Oc1ccc(OC2CCCC2Oc2ccc(O)c(O)c2)cc1O. The van der Waals surface area contributed by atoms with Crippen LogP contribution >= 0.6 is 0 Å². The Kier molecular flexibility index (Phi) is 4.06. The van der Waals surface area contributed by atoms with Gasteiger partial charge in [0.15, 0.2) is 23.0 Å². The van der Waals surface area contributed by atoms with Crippen LogP contribution in [0.1, 0.15) is 19.3 Å². The molecule has 2 aromatic rings. The third-order valence-electron chi connectivity index (χ3n) is 3.86. The van der Waals surface area contributed by atoms with Crippen LogP contribution in [0.15, 0.2) is 36.4 Å². The Hall–Kier alpha value is -2.76. The predicted octanol–water partition coefficient (Wildman–Crippen LogP) is 2.89. The van der Waals surface area contributed by atoms with E-state index >= 15 is 0 Å². The Morgan fingerprint density at radius 3 is 1.48 bits per heavy atom. The monoisotopic (exact) mass is 318 g/mol. The topological polar surface area (TPSA) is 99.4 Å². The average Bonchev–Trinajstić information content (AvgIpc) is 2.94. The molecule has 0 aliphatic heterocycles. The van der Waals surface area contributed by atoms with Crippen LogP contribution in [-0.4, -0.2) is 32.6 Å². The van der Waals surface area contributed by atoms with Crippen LogP contribution in [0.25, 0.3) is 0 Å². The van der Waals surface area contributed by atoms with E-state index in [0.29, 0.717) is 11.5 Å². The molecule has 3 rings (SSSR count). The maximum absolute atomic E-state index is 9.52. The zero-order valence-corrected chi connectivity index (χ0v) is 12.3. The molecule has 1 aliphatic rings. The molecule has 2 unspecified atom stereocenters. The number of rotatable bonds is 4. The van der Waals surface area contributed by atoms with E-state index in [1.54, 1.807) is 12.1 Å². The molecule has 2 atom stereocenters. The molecule has 0 aromatic heterocycles. The summed E-state index contributed by atoms with van der Waals surface area (Å²) in [6.07, 6.45) is 2.14. The van der Waals surface area contributed by atoms with E-state index in [1.807, 2.05) is 0 Å². The summed E-state index contributed by atoms with van der Waals surface area (Å²) in [7, 11) is 0. The van der Waals surface area contributed by atoms with Crippen molar-refractivity contribution >= 4 is 0 Å². The molecule has 6 heteroatoms. The highest BCUT2D eigenvalue weighted by Gasteiger charge is 2.31. The zero-order valence-electron chi connectivity index (χ0n) is 12.3. The van der Waals surface area contributed by atoms with Gasteiger partial charge in [0.1, 0.15) is 23.7 Å². The van der Waals surface area contributed by atoms with Gasteiger partial charge in [0.05, 0.1) is 0 Å². The summed E-state index contributed by atoms with van der Waals surface area (Å²) in [6.45, 7) is 0. The second-order valence-corrected chi connectivity index (χ2v) is 5.54. The lowest BCUT2D eigenvalue weighted by atomic mass is 10.2. The van der Waals surface area contributed by atoms with Crippen molar-refractivity contribution in [2.45, 2.75) is 31.5 Å². The molecular formula is C17H18O6. The number of aromatic hydroxyl groups is 4. The third-order valence-corrected chi connectivity index (χ3v) is 3.86. The normalized spacial score (nSPS) is 20.3. The van der Waals surface area contributed by atoms with E-state index in [1.165, 1.54) is 24.3 Å². The summed E-state index contributed by atoms with van der Waals surface area (Å²) in [5.41, 5.74) is 0. The Morgan fingerprint density at radius 2 is 1.09 bits per heavy atom. The molecule has 1 aliphatic carbocycles. The first-order chi connectivity index (χ1) is 11.0. The van der Waals surface area contributed by atoms with Crippen molar-refractivity contribution in [2.75, 3.05) is 0 Å². The Labute approximate surface area is 133 Å². The second-order valence-electron chi connectivity index (χ2n) is 5.54. The predicted molar refractivity (Wildman–Crippen MR) is 82.2 cm³/mol. The number of ether oxygens (including phenoxy) is 2. The molecule has 0 bridgehead atoms. The number of phenols is 4. The van der Waals surface area contributed by atoms with Gasteiger partial charge in [0.2, 0.25) is 0 Å². The first-order valence-corrected chi connectivity index (χ1v) is 7.40. The highest BCUT2D eigenvalue weighted by Crippen LogP contribution is 2.34. The van der Waals surface area contributed by atoms with Crippen molar-refractivity contribution in [1.82, 2.24) is 0 Å². The smallest absolute Gasteiger partial charge is 0.161 e. The highest BCUT2D eigenvalue weighted by molar-refractivity contribution is 5.44. The van der Waals surface area contributed by atoms with Gasteiger partial charge in [-0.2, -0.15) is 0 Å². The number of hydrogen-bond acceptors (Lipinski definition) is 6. The number of phenolic OH excluding ortho intramolecular Hbond substituents is 4. The molecule has 122 valence electrons. The summed E-state index contributed by atoms with van der Waals surface area (Å²) in [6, 6.07) is 8.61. The van der Waals surface area contributed by atoms with Crippen molar-refractivity contribution in [3.05, 3.63) is 36.4 Å². The van der Waals surface area contributed by atoms with Crippen molar-refractivity contribution in [2.24, 2.45) is 0 Å². The third kappa shape index (κ3) is 3.36. The van der Waals surface area contributed by atoms with Crippen molar-refractivity contribution in [3.8, 4) is 34.5 Å². The van der Waals surface area contributed by atoms with E-state index < -0.39 is 0 Å². The lowest BCUT2D eigenvalue weighted by Gasteiger charge is -2.22. The number of hydrogen-bond donors (Lipinski definition) is 4. The van der Waals surface area contributed by atoms with E-state index in [9.17, 15) is 20.4 Å². The average molecular weight is 318 g/mol. The molecule has 0 radical (unpaired) electrons. The van der Waals surface area contributed by atoms with Gasteiger partial charge in [-0.25, -0.2) is 0 Å². The van der Waals surface area contributed by atoms with Gasteiger partial charge in [-0.3, -0.25) is 0 Å². The lowest BCUT2D eigenvalue weighted by Crippen LogP contribution is -2.31. The highest BCUT2D eigenvalue weighted by atomic mass is 16.5. The van der Waals surface area contributed by atoms with Crippen LogP contribution in [0, 0.1) is 0 Å². The fraction of sp³-hybridized carbons (Fsp3) is 0.294. The largest absolute Gasteiger partial charge is 0.504 e. The van der Waals surface area contributed by atoms with Gasteiger partial charge in [-0.15, -0.1) is 0 Å². The molecule has 1 fully saturated rings. The molecule has 4 N–H and O–H groups in total. The zero-order chi connectivity index (χ0) is 16.4. The van der Waals surface area contributed by atoms with Crippen LogP contribution in [-0.2, 0) is 0 Å². The summed E-state index contributed by atoms with van der Waals surface area (Å²) in [5, 5.41) is 37.7. The Morgan fingerprint density at radius 1 is 0.652 bits per heavy atom. The molecule has 0 amide bonds. The summed E-state index contributed by atoms with van der Waals surface area (Å²) < 4.78 is 11.7. The van der Waals surface area contributed by atoms with Gasteiger partial charge >= 0.3 is 0 Å². The van der Waals surface area contributed by atoms with E-state index in [4.69, 9.17) is 9.47 Å². The molecule has 1 saturated carbocycles. The molecule has 23 heavy (non-hydrogen) atoms. The van der Waals surface area contributed by atoms with Gasteiger partial charge in [-0.1, -0.05) is 0 Å². The fourth-order valence-electron chi connectivity index (χ4n) is 2.66. The minimum absolute atomic E-state index is 0.198. The Balaban J connectivity index is 1.69. The van der Waals surface area contributed by atoms with Gasteiger partial charge in [0, 0.05) is 12.1 Å². The van der Waals surface area contributed by atoms with Gasteiger partial charge in [-0.05, 0) is 43.5 Å². The standard InChI is InChI=1S/C17H18O6/c18-12-6-4-10(8-14(12)20)22-16-2-1-3-17(16)23-11-5-7-13(19)15(21)9-11/h4-9,16-21H,1-3H2. The van der Waals surface area contributed by atoms with Gasteiger partial charge < -0.3 is 29.9 Å². The molecular weight excluding hydrogens is 300 g/mol. The van der Waals surface area contributed by atoms with Crippen molar-refractivity contribution in [3.63, 3.8) is 0 Å². The van der Waals surface area contributed by atoms with Gasteiger partial charge in [0.25, 0.3) is 0 Å². The first-order valence-electron chi connectivity index (χ1n) is 7.40. The molecule has 2 aromatic carbocycles. The van der Waals surface area contributed by atoms with Crippen molar-refractivity contribution in [1.29, 1.82) is 0 Å². The molecule has 0 saturated heterocycles. The van der Waals surface area contributed by atoms with Crippen LogP contribution < -0.4 is 9.47 Å². The minimum atomic E-state index is -0.235. The maximum Gasteiger partial charge on any atom is 0.161 e. The summed E-state index contributed by atoms with van der Waals surface area (Å²) in [5.74, 6) is 0.0406. The van der Waals surface area contributed by atoms with Crippen molar-refractivity contribution < 1.29 is 29.9 Å². The lowest BCUT2D eigenvalue weighted by molar-refractivity contribution is 0.0775. The minimum Gasteiger partial charge on any atom is -0.504 e. The van der Waals surface area contributed by atoms with Crippen LogP contribution in [0.3, 0.4) is 0 Å². The van der Waals surface area contributed by atoms with Crippen LogP contribution in [0.4, 0.5) is 0 Å². The van der Waals surface area contributed by atoms with E-state index in [2.05, 4.69) is 0 Å². The quantitative estimate of drug-likeness (QED) is 0.647. The van der Waals surface area contributed by atoms with E-state index in [-0.39, 0.29) is 35.2 Å². The summed E-state index contributed by atoms with van der Waals surface area (Å²) >= 11 is 0. The fourth-order valence-corrected chi connectivity index (χ4v) is 2.66. The summed E-state index contributed by atoms with van der Waals surface area (Å²) in [4.78, 5) is 0. The molecule has 0 heterocycles. The van der Waals surface area contributed by atoms with E-state index in [0.717, 1.165) is 19.3 Å². The van der Waals surface area contributed by atoms with Crippen LogP contribution in [0.2, 0.25) is 0 Å². The maximum atomic E-state index is 9.52.